The molecule has 3 aromatic carbocycles. The third-order valence-corrected chi connectivity index (χ3v) is 3.48. The van der Waals surface area contributed by atoms with Crippen LogP contribution in [-0.4, -0.2) is 5.71 Å². The van der Waals surface area contributed by atoms with Crippen LogP contribution in [0.15, 0.2) is 84.0 Å². The largest absolute Gasteiger partial charge is 0.278 e. The molecule has 4 heteroatoms. The van der Waals surface area contributed by atoms with Crippen LogP contribution in [0, 0.1) is 17.1 Å². The molecule has 0 heterocycles. The van der Waals surface area contributed by atoms with Crippen molar-refractivity contribution in [2.75, 3.05) is 5.43 Å². The van der Waals surface area contributed by atoms with E-state index in [4.69, 9.17) is 5.26 Å². The molecule has 1 N–H and O–H groups in total. The molecule has 0 aromatic heterocycles. The summed E-state index contributed by atoms with van der Waals surface area (Å²) in [6, 6.07) is 25.6. The monoisotopic (exact) mass is 315 g/mol. The summed E-state index contributed by atoms with van der Waals surface area (Å²) in [4.78, 5) is 0. The fourth-order valence-electron chi connectivity index (χ4n) is 2.29. The zero-order chi connectivity index (χ0) is 16.8. The Labute approximate surface area is 139 Å². The maximum absolute atomic E-state index is 13.4. The van der Waals surface area contributed by atoms with Crippen LogP contribution in [0.5, 0.6) is 0 Å². The van der Waals surface area contributed by atoms with Gasteiger partial charge in [0.25, 0.3) is 0 Å². The molecule has 3 aromatic rings. The molecule has 3 rings (SSSR count). The molecule has 0 amide bonds. The van der Waals surface area contributed by atoms with Gasteiger partial charge < -0.3 is 0 Å². The highest BCUT2D eigenvalue weighted by Crippen LogP contribution is 2.16. The van der Waals surface area contributed by atoms with Gasteiger partial charge in [-0.1, -0.05) is 60.7 Å². The Hall–Kier alpha value is -3.45. The van der Waals surface area contributed by atoms with E-state index in [1.807, 2.05) is 66.7 Å². The Morgan fingerprint density at radius 2 is 1.46 bits per heavy atom. The summed E-state index contributed by atoms with van der Waals surface area (Å²) >= 11 is 0. The van der Waals surface area contributed by atoms with Crippen LogP contribution in [-0.2, 0) is 0 Å². The smallest absolute Gasteiger partial charge is 0.141 e. The Morgan fingerprint density at radius 3 is 2.00 bits per heavy atom. The fraction of sp³-hybridized carbons (Fsp3) is 0. The number of hydrazone groups is 1. The minimum atomic E-state index is -0.543. The predicted octanol–water partition coefficient (Wildman–Crippen LogP) is 4.56. The van der Waals surface area contributed by atoms with Crippen LogP contribution < -0.4 is 5.43 Å². The second-order valence-electron chi connectivity index (χ2n) is 5.11. The number of benzene rings is 3. The van der Waals surface area contributed by atoms with Crippen molar-refractivity contribution in [2.24, 2.45) is 5.10 Å². The van der Waals surface area contributed by atoms with Gasteiger partial charge in [0.15, 0.2) is 0 Å². The summed E-state index contributed by atoms with van der Waals surface area (Å²) in [5, 5.41) is 13.4. The van der Waals surface area contributed by atoms with E-state index >= 15 is 0 Å². The highest BCUT2D eigenvalue weighted by Gasteiger charge is 2.07. The zero-order valence-electron chi connectivity index (χ0n) is 12.8. The molecule has 0 saturated heterocycles. The third kappa shape index (κ3) is 3.47. The van der Waals surface area contributed by atoms with Crippen LogP contribution in [0.2, 0.25) is 0 Å². The van der Waals surface area contributed by atoms with E-state index in [1.54, 1.807) is 6.07 Å². The molecule has 0 saturated carbocycles. The number of halogens is 1. The van der Waals surface area contributed by atoms with Crippen LogP contribution in [0.3, 0.4) is 0 Å². The van der Waals surface area contributed by atoms with Crippen LogP contribution in [0.4, 0.5) is 10.1 Å². The van der Waals surface area contributed by atoms with Crippen molar-refractivity contribution in [3.8, 4) is 6.07 Å². The summed E-state index contributed by atoms with van der Waals surface area (Å²) in [5.74, 6) is -0.543. The standard InChI is InChI=1S/C20H14FN3/c21-19-12-11-18(13-17(19)14-22)23-24-20(15-7-3-1-4-8-15)16-9-5-2-6-10-16/h1-13,23H. The Morgan fingerprint density at radius 1 is 0.875 bits per heavy atom. The molecule has 3 nitrogen and oxygen atoms in total. The van der Waals surface area contributed by atoms with Crippen LogP contribution in [0.1, 0.15) is 16.7 Å². The van der Waals surface area contributed by atoms with Gasteiger partial charge in [-0.05, 0) is 18.2 Å². The maximum atomic E-state index is 13.4. The molecule has 0 atom stereocenters. The van der Waals surface area contributed by atoms with E-state index < -0.39 is 5.82 Å². The lowest BCUT2D eigenvalue weighted by Crippen LogP contribution is -2.06. The van der Waals surface area contributed by atoms with Gasteiger partial charge in [0.05, 0.1) is 17.0 Å². The van der Waals surface area contributed by atoms with Gasteiger partial charge in [-0.25, -0.2) is 4.39 Å². The Balaban J connectivity index is 1.97. The molecule has 0 fully saturated rings. The van der Waals surface area contributed by atoms with Gasteiger partial charge in [0, 0.05) is 11.1 Å². The first kappa shape index (κ1) is 15.4. The second-order valence-corrected chi connectivity index (χ2v) is 5.11. The number of rotatable bonds is 4. The van der Waals surface area contributed by atoms with Gasteiger partial charge in [0.2, 0.25) is 0 Å². The number of nitrogens with one attached hydrogen (secondary N) is 1. The Bertz CT molecular complexity index is 856. The molecule has 116 valence electrons. The molecule has 24 heavy (non-hydrogen) atoms. The lowest BCUT2D eigenvalue weighted by molar-refractivity contribution is 0.624. The lowest BCUT2D eigenvalue weighted by Gasteiger charge is -2.09. The van der Waals surface area contributed by atoms with Gasteiger partial charge in [-0.2, -0.15) is 10.4 Å². The average Bonchev–Trinajstić information content (AvgIpc) is 2.65. The van der Waals surface area contributed by atoms with Gasteiger partial charge >= 0.3 is 0 Å². The number of anilines is 1. The van der Waals surface area contributed by atoms with E-state index in [9.17, 15) is 4.39 Å². The first-order chi connectivity index (χ1) is 11.8. The highest BCUT2D eigenvalue weighted by atomic mass is 19.1. The minimum Gasteiger partial charge on any atom is -0.278 e. The number of hydrogen-bond donors (Lipinski definition) is 1. The number of nitrogens with zero attached hydrogens (tertiary/aromatic N) is 2. The zero-order valence-corrected chi connectivity index (χ0v) is 12.8. The average molecular weight is 315 g/mol. The first-order valence-corrected chi connectivity index (χ1v) is 7.42. The quantitative estimate of drug-likeness (QED) is 0.566. The molecule has 0 unspecified atom stereocenters. The van der Waals surface area contributed by atoms with E-state index in [-0.39, 0.29) is 5.56 Å². The molecule has 0 spiro atoms. The number of hydrogen-bond acceptors (Lipinski definition) is 3. The van der Waals surface area contributed by atoms with Gasteiger partial charge in [-0.15, -0.1) is 0 Å². The van der Waals surface area contributed by atoms with Crippen molar-refractivity contribution in [1.82, 2.24) is 0 Å². The molecule has 0 aliphatic carbocycles. The number of nitriles is 1. The maximum Gasteiger partial charge on any atom is 0.141 e. The van der Waals surface area contributed by atoms with Crippen molar-refractivity contribution in [3.63, 3.8) is 0 Å². The molecular formula is C20H14FN3. The summed E-state index contributed by atoms with van der Waals surface area (Å²) in [6.07, 6.45) is 0. The predicted molar refractivity (Wildman–Crippen MR) is 93.3 cm³/mol. The minimum absolute atomic E-state index is 0.0174. The summed E-state index contributed by atoms with van der Waals surface area (Å²) < 4.78 is 13.4. The summed E-state index contributed by atoms with van der Waals surface area (Å²) in [6.45, 7) is 0. The van der Waals surface area contributed by atoms with Crippen LogP contribution >= 0.6 is 0 Å². The van der Waals surface area contributed by atoms with Crippen molar-refractivity contribution in [3.05, 3.63) is 101 Å². The van der Waals surface area contributed by atoms with Crippen LogP contribution in [0.25, 0.3) is 0 Å². The molecule has 0 radical (unpaired) electrons. The molecule has 0 bridgehead atoms. The molecule has 0 aliphatic heterocycles. The molecule has 0 aliphatic rings. The van der Waals surface area contributed by atoms with E-state index in [0.29, 0.717) is 5.69 Å². The Kier molecular flexibility index (Phi) is 4.64. The van der Waals surface area contributed by atoms with E-state index in [1.165, 1.54) is 12.1 Å². The normalized spacial score (nSPS) is 9.83. The highest BCUT2D eigenvalue weighted by molar-refractivity contribution is 6.13. The van der Waals surface area contributed by atoms with E-state index in [0.717, 1.165) is 16.8 Å². The van der Waals surface area contributed by atoms with E-state index in [2.05, 4.69) is 10.5 Å². The third-order valence-electron chi connectivity index (χ3n) is 3.48. The fourth-order valence-corrected chi connectivity index (χ4v) is 2.29. The first-order valence-electron chi connectivity index (χ1n) is 7.42. The lowest BCUT2D eigenvalue weighted by atomic mass is 10.0. The van der Waals surface area contributed by atoms with Gasteiger partial charge in [-0.3, -0.25) is 5.43 Å². The van der Waals surface area contributed by atoms with Crippen molar-refractivity contribution >= 4 is 11.4 Å². The summed E-state index contributed by atoms with van der Waals surface area (Å²) in [5.41, 5.74) is 6.13. The second kappa shape index (κ2) is 7.21. The van der Waals surface area contributed by atoms with Gasteiger partial charge in [0.1, 0.15) is 11.9 Å². The SMILES string of the molecule is N#Cc1cc(NN=C(c2ccccc2)c2ccccc2)ccc1F. The van der Waals surface area contributed by atoms with Crippen molar-refractivity contribution in [1.29, 1.82) is 5.26 Å². The van der Waals surface area contributed by atoms with Crippen molar-refractivity contribution in [2.45, 2.75) is 0 Å². The molecular weight excluding hydrogens is 301 g/mol. The summed E-state index contributed by atoms with van der Waals surface area (Å²) in [7, 11) is 0. The topological polar surface area (TPSA) is 48.2 Å². The van der Waals surface area contributed by atoms with Crippen molar-refractivity contribution < 1.29 is 4.39 Å².